The fourth-order valence-electron chi connectivity index (χ4n) is 3.96. The van der Waals surface area contributed by atoms with Crippen molar-refractivity contribution in [1.82, 2.24) is 20.1 Å². The SMILES string of the molecule is COc1ccc(CN2CCN(Cc3cccc4nonc34)C[C@H]2CCO)c(F)c1. The third-order valence-electron chi connectivity index (χ3n) is 5.55. The highest BCUT2D eigenvalue weighted by molar-refractivity contribution is 5.76. The monoisotopic (exact) mass is 400 g/mol. The second kappa shape index (κ2) is 8.86. The number of aliphatic hydroxyl groups excluding tert-OH is 1. The predicted molar refractivity (Wildman–Crippen MR) is 106 cm³/mol. The summed E-state index contributed by atoms with van der Waals surface area (Å²) in [4.78, 5) is 4.58. The zero-order valence-corrected chi connectivity index (χ0v) is 16.4. The van der Waals surface area contributed by atoms with Crippen LogP contribution in [0.2, 0.25) is 0 Å². The Balaban J connectivity index is 1.45. The van der Waals surface area contributed by atoms with Crippen molar-refractivity contribution in [1.29, 1.82) is 0 Å². The first kappa shape index (κ1) is 19.8. The van der Waals surface area contributed by atoms with Gasteiger partial charge in [-0.1, -0.05) is 18.2 Å². The molecule has 1 aliphatic heterocycles. The molecule has 29 heavy (non-hydrogen) atoms. The highest BCUT2D eigenvalue weighted by Gasteiger charge is 2.28. The Morgan fingerprint density at radius 1 is 1.17 bits per heavy atom. The maximum atomic E-state index is 14.4. The van der Waals surface area contributed by atoms with Gasteiger partial charge in [0.15, 0.2) is 0 Å². The molecule has 1 aliphatic rings. The summed E-state index contributed by atoms with van der Waals surface area (Å²) < 4.78 is 24.3. The van der Waals surface area contributed by atoms with E-state index in [2.05, 4.69) is 20.1 Å². The van der Waals surface area contributed by atoms with Crippen LogP contribution in [0.4, 0.5) is 4.39 Å². The van der Waals surface area contributed by atoms with Gasteiger partial charge in [-0.2, -0.15) is 0 Å². The summed E-state index contributed by atoms with van der Waals surface area (Å²) in [5, 5.41) is 17.5. The van der Waals surface area contributed by atoms with E-state index in [-0.39, 0.29) is 18.5 Å². The Kier molecular flexibility index (Phi) is 6.03. The van der Waals surface area contributed by atoms with Crippen LogP contribution in [0.3, 0.4) is 0 Å². The van der Waals surface area contributed by atoms with Crippen LogP contribution in [0.5, 0.6) is 5.75 Å². The first-order valence-corrected chi connectivity index (χ1v) is 9.77. The smallest absolute Gasteiger partial charge is 0.139 e. The number of fused-ring (bicyclic) bond motifs is 1. The third-order valence-corrected chi connectivity index (χ3v) is 5.55. The molecule has 1 aromatic heterocycles. The van der Waals surface area contributed by atoms with Gasteiger partial charge in [0.2, 0.25) is 0 Å². The molecule has 0 amide bonds. The summed E-state index contributed by atoms with van der Waals surface area (Å²) in [5.74, 6) is 0.249. The van der Waals surface area contributed by atoms with Crippen molar-refractivity contribution in [2.45, 2.75) is 25.6 Å². The molecule has 0 aliphatic carbocycles. The van der Waals surface area contributed by atoms with Crippen LogP contribution in [-0.4, -0.2) is 64.6 Å². The van der Waals surface area contributed by atoms with E-state index in [1.807, 2.05) is 18.2 Å². The fraction of sp³-hybridized carbons (Fsp3) is 0.429. The lowest BCUT2D eigenvalue weighted by atomic mass is 10.1. The first-order chi connectivity index (χ1) is 14.2. The average Bonchev–Trinajstić information content (AvgIpc) is 3.21. The molecule has 4 rings (SSSR count). The first-order valence-electron chi connectivity index (χ1n) is 9.77. The van der Waals surface area contributed by atoms with Crippen molar-refractivity contribution in [2.75, 3.05) is 33.4 Å². The third kappa shape index (κ3) is 4.39. The number of rotatable bonds is 7. The second-order valence-corrected chi connectivity index (χ2v) is 7.38. The van der Waals surface area contributed by atoms with Crippen molar-refractivity contribution in [3.05, 3.63) is 53.3 Å². The number of ether oxygens (including phenoxy) is 1. The Morgan fingerprint density at radius 2 is 2.07 bits per heavy atom. The van der Waals surface area contributed by atoms with E-state index in [1.54, 1.807) is 12.1 Å². The quantitative estimate of drug-likeness (QED) is 0.653. The van der Waals surface area contributed by atoms with Gasteiger partial charge in [-0.25, -0.2) is 9.02 Å². The maximum Gasteiger partial charge on any atom is 0.139 e. The Labute approximate surface area is 168 Å². The average molecular weight is 400 g/mol. The molecule has 1 saturated heterocycles. The van der Waals surface area contributed by atoms with E-state index in [9.17, 15) is 9.50 Å². The van der Waals surface area contributed by atoms with Gasteiger partial charge >= 0.3 is 0 Å². The van der Waals surface area contributed by atoms with Crippen LogP contribution < -0.4 is 4.74 Å². The molecule has 3 aromatic rings. The molecule has 7 nitrogen and oxygen atoms in total. The molecular weight excluding hydrogens is 375 g/mol. The van der Waals surface area contributed by atoms with Crippen molar-refractivity contribution in [3.63, 3.8) is 0 Å². The van der Waals surface area contributed by atoms with E-state index < -0.39 is 0 Å². The molecule has 0 bridgehead atoms. The number of halogens is 1. The van der Waals surface area contributed by atoms with Gasteiger partial charge in [0.25, 0.3) is 0 Å². The van der Waals surface area contributed by atoms with Gasteiger partial charge in [0.05, 0.1) is 7.11 Å². The lowest BCUT2D eigenvalue weighted by molar-refractivity contribution is 0.0494. The minimum Gasteiger partial charge on any atom is -0.497 e. The summed E-state index contributed by atoms with van der Waals surface area (Å²) in [5.41, 5.74) is 3.25. The number of hydrogen-bond donors (Lipinski definition) is 1. The number of piperazine rings is 1. The molecule has 1 fully saturated rings. The van der Waals surface area contributed by atoms with Gasteiger partial charge in [-0.15, -0.1) is 0 Å². The second-order valence-electron chi connectivity index (χ2n) is 7.38. The summed E-state index contributed by atoms with van der Waals surface area (Å²) in [7, 11) is 1.53. The van der Waals surface area contributed by atoms with Crippen LogP contribution in [0.15, 0.2) is 41.0 Å². The van der Waals surface area contributed by atoms with E-state index in [1.165, 1.54) is 13.2 Å². The molecule has 0 saturated carbocycles. The van der Waals surface area contributed by atoms with Crippen molar-refractivity contribution in [3.8, 4) is 5.75 Å². The number of aromatic nitrogens is 2. The number of benzene rings is 2. The van der Waals surface area contributed by atoms with Crippen LogP contribution in [0.1, 0.15) is 17.5 Å². The minimum absolute atomic E-state index is 0.100. The molecule has 2 heterocycles. The summed E-state index contributed by atoms with van der Waals surface area (Å²) >= 11 is 0. The number of hydrogen-bond acceptors (Lipinski definition) is 7. The minimum atomic E-state index is -0.264. The zero-order valence-electron chi connectivity index (χ0n) is 16.4. The molecule has 1 atom stereocenters. The molecule has 0 spiro atoms. The molecule has 0 radical (unpaired) electrons. The van der Waals surface area contributed by atoms with Crippen molar-refractivity contribution >= 4 is 11.0 Å². The number of methoxy groups -OCH3 is 1. The van der Waals surface area contributed by atoms with Gasteiger partial charge in [0, 0.05) is 57.0 Å². The topological polar surface area (TPSA) is 74.9 Å². The Bertz CT molecular complexity index is 964. The lowest BCUT2D eigenvalue weighted by Crippen LogP contribution is -2.52. The molecule has 1 N–H and O–H groups in total. The van der Waals surface area contributed by atoms with Crippen LogP contribution in [0, 0.1) is 5.82 Å². The number of aliphatic hydroxyl groups is 1. The summed E-state index contributed by atoms with van der Waals surface area (Å²) in [6.07, 6.45) is 0.643. The van der Waals surface area contributed by atoms with Gasteiger partial charge in [-0.05, 0) is 34.4 Å². The maximum absolute atomic E-state index is 14.4. The van der Waals surface area contributed by atoms with Crippen molar-refractivity contribution < 1.29 is 18.9 Å². The summed E-state index contributed by atoms with van der Waals surface area (Å²) in [6.45, 7) is 3.78. The van der Waals surface area contributed by atoms with E-state index in [0.29, 0.717) is 24.3 Å². The van der Waals surface area contributed by atoms with Gasteiger partial charge in [-0.3, -0.25) is 9.80 Å². The predicted octanol–water partition coefficient (Wildman–Crippen LogP) is 2.44. The molecule has 8 heteroatoms. The molecular formula is C21H25FN4O3. The van der Waals surface area contributed by atoms with Gasteiger partial charge < -0.3 is 9.84 Å². The Morgan fingerprint density at radius 3 is 2.86 bits per heavy atom. The van der Waals surface area contributed by atoms with E-state index in [4.69, 9.17) is 9.37 Å². The van der Waals surface area contributed by atoms with E-state index >= 15 is 0 Å². The summed E-state index contributed by atoms with van der Waals surface area (Å²) in [6, 6.07) is 11.0. The van der Waals surface area contributed by atoms with Crippen molar-refractivity contribution in [2.24, 2.45) is 0 Å². The Hall–Kier alpha value is -2.55. The van der Waals surface area contributed by atoms with Crippen LogP contribution >= 0.6 is 0 Å². The molecule has 154 valence electrons. The van der Waals surface area contributed by atoms with Crippen LogP contribution in [0.25, 0.3) is 11.0 Å². The highest BCUT2D eigenvalue weighted by atomic mass is 19.1. The van der Waals surface area contributed by atoms with Crippen LogP contribution in [-0.2, 0) is 13.1 Å². The zero-order chi connectivity index (χ0) is 20.2. The molecule has 0 unspecified atom stereocenters. The fourth-order valence-corrected chi connectivity index (χ4v) is 3.96. The largest absolute Gasteiger partial charge is 0.497 e. The highest BCUT2D eigenvalue weighted by Crippen LogP contribution is 2.23. The lowest BCUT2D eigenvalue weighted by Gasteiger charge is -2.41. The van der Waals surface area contributed by atoms with E-state index in [0.717, 1.165) is 42.8 Å². The van der Waals surface area contributed by atoms with Gasteiger partial charge in [0.1, 0.15) is 22.6 Å². The number of nitrogens with zero attached hydrogens (tertiary/aromatic N) is 4. The standard InChI is InChI=1S/C21H25FN4O3/c1-28-18-6-5-15(19(22)11-18)13-26-9-8-25(14-17(26)7-10-27)12-16-3-2-4-20-21(16)24-29-23-20/h2-6,11,17,27H,7-10,12-14H2,1H3/t17-/m1/s1. The molecule has 2 aromatic carbocycles. The normalized spacial score (nSPS) is 18.4.